The molecule has 0 radical (unpaired) electrons. The number of aromatic nitrogens is 1. The molecule has 0 spiro atoms. The number of H-pyrrole nitrogens is 1. The van der Waals surface area contributed by atoms with E-state index >= 15 is 0 Å². The molecule has 0 aliphatic rings. The molecule has 0 aliphatic heterocycles. The number of aromatic amines is 1. The normalized spacial score (nSPS) is 11.6. The molecule has 0 atom stereocenters. The van der Waals surface area contributed by atoms with Crippen LogP contribution in [0.3, 0.4) is 0 Å². The van der Waals surface area contributed by atoms with Crippen molar-refractivity contribution in [3.63, 3.8) is 0 Å². The van der Waals surface area contributed by atoms with Crippen LogP contribution >= 0.6 is 0 Å². The summed E-state index contributed by atoms with van der Waals surface area (Å²) in [6.45, 7) is 0. The first-order chi connectivity index (χ1) is 16.4. The van der Waals surface area contributed by atoms with Gasteiger partial charge in [-0.2, -0.15) is 0 Å². The zero-order valence-corrected chi connectivity index (χ0v) is 18.0. The SMILES string of the molecule is c1ccc(-c2ccccc2-c2cccc3c4ccccc4c4[nH]c5ccccc5c4c23)cc1. The molecule has 33 heavy (non-hydrogen) atoms. The van der Waals surface area contributed by atoms with E-state index in [2.05, 4.69) is 126 Å². The molecule has 0 bridgehead atoms. The zero-order chi connectivity index (χ0) is 21.8. The lowest BCUT2D eigenvalue weighted by Crippen LogP contribution is -1.89. The van der Waals surface area contributed by atoms with Gasteiger partial charge in [0.05, 0.1) is 5.52 Å². The quantitative estimate of drug-likeness (QED) is 0.269. The molecule has 1 N–H and O–H groups in total. The van der Waals surface area contributed by atoms with E-state index in [-0.39, 0.29) is 0 Å². The highest BCUT2D eigenvalue weighted by atomic mass is 14.7. The summed E-state index contributed by atoms with van der Waals surface area (Å²) in [5, 5.41) is 7.73. The fraction of sp³-hybridized carbons (Fsp3) is 0. The number of fused-ring (bicyclic) bond motifs is 8. The lowest BCUT2D eigenvalue weighted by atomic mass is 9.88. The Morgan fingerprint density at radius 3 is 1.82 bits per heavy atom. The molecule has 0 saturated heterocycles. The van der Waals surface area contributed by atoms with E-state index in [0.717, 1.165) is 0 Å². The molecule has 7 rings (SSSR count). The van der Waals surface area contributed by atoms with E-state index in [1.807, 2.05) is 0 Å². The van der Waals surface area contributed by atoms with E-state index in [1.54, 1.807) is 0 Å². The standard InChI is InChI=1S/C32H21N/c1-2-11-21(12-3-1)22-13-4-5-14-23(22)25-18-10-19-26-24-15-6-7-16-27(24)32-31(30(25)26)28-17-8-9-20-29(28)33-32/h1-20,33H. The molecule has 0 saturated carbocycles. The van der Waals surface area contributed by atoms with Crippen molar-refractivity contribution in [1.29, 1.82) is 0 Å². The van der Waals surface area contributed by atoms with Crippen LogP contribution in [0.5, 0.6) is 0 Å². The highest BCUT2D eigenvalue weighted by Crippen LogP contribution is 2.44. The first-order valence-electron chi connectivity index (χ1n) is 11.4. The average Bonchev–Trinajstić information content (AvgIpc) is 3.29. The van der Waals surface area contributed by atoms with Crippen molar-refractivity contribution >= 4 is 43.4 Å². The van der Waals surface area contributed by atoms with Gasteiger partial charge in [-0.15, -0.1) is 0 Å². The van der Waals surface area contributed by atoms with Crippen LogP contribution in [0.1, 0.15) is 0 Å². The zero-order valence-electron chi connectivity index (χ0n) is 18.0. The van der Waals surface area contributed by atoms with Crippen LogP contribution in [0.4, 0.5) is 0 Å². The summed E-state index contributed by atoms with van der Waals surface area (Å²) in [4.78, 5) is 3.74. The highest BCUT2D eigenvalue weighted by Gasteiger charge is 2.18. The molecule has 1 aromatic heterocycles. The van der Waals surface area contributed by atoms with Crippen molar-refractivity contribution < 1.29 is 0 Å². The van der Waals surface area contributed by atoms with Crippen LogP contribution in [0.15, 0.2) is 121 Å². The number of hydrogen-bond donors (Lipinski definition) is 1. The first-order valence-corrected chi connectivity index (χ1v) is 11.4. The monoisotopic (exact) mass is 419 g/mol. The number of benzene rings is 6. The average molecular weight is 420 g/mol. The Kier molecular flexibility index (Phi) is 3.91. The third-order valence-electron chi connectivity index (χ3n) is 6.81. The largest absolute Gasteiger partial charge is 0.354 e. The summed E-state index contributed by atoms with van der Waals surface area (Å²) in [7, 11) is 0. The van der Waals surface area contributed by atoms with Crippen LogP contribution in [0.2, 0.25) is 0 Å². The molecule has 6 aromatic carbocycles. The van der Waals surface area contributed by atoms with Gasteiger partial charge in [-0.25, -0.2) is 0 Å². The summed E-state index contributed by atoms with van der Waals surface area (Å²) in [5.41, 5.74) is 7.41. The molecular weight excluding hydrogens is 398 g/mol. The second kappa shape index (κ2) is 7.08. The molecule has 1 heterocycles. The van der Waals surface area contributed by atoms with Crippen molar-refractivity contribution in [1.82, 2.24) is 4.98 Å². The summed E-state index contributed by atoms with van der Waals surface area (Å²) >= 11 is 0. The van der Waals surface area contributed by atoms with Crippen molar-refractivity contribution in [2.24, 2.45) is 0 Å². The van der Waals surface area contributed by atoms with Gasteiger partial charge in [0.15, 0.2) is 0 Å². The second-order valence-electron chi connectivity index (χ2n) is 8.61. The summed E-state index contributed by atoms with van der Waals surface area (Å²) in [5.74, 6) is 0. The van der Waals surface area contributed by atoms with E-state index in [1.165, 1.54) is 65.6 Å². The third-order valence-corrected chi connectivity index (χ3v) is 6.81. The smallest absolute Gasteiger partial charge is 0.0551 e. The van der Waals surface area contributed by atoms with Gasteiger partial charge >= 0.3 is 0 Å². The Labute approximate surface area is 191 Å². The predicted molar refractivity (Wildman–Crippen MR) is 142 cm³/mol. The van der Waals surface area contributed by atoms with Crippen LogP contribution in [0.25, 0.3) is 65.6 Å². The van der Waals surface area contributed by atoms with E-state index < -0.39 is 0 Å². The number of para-hydroxylation sites is 1. The fourth-order valence-electron chi connectivity index (χ4n) is 5.40. The number of nitrogens with one attached hydrogen (secondary N) is 1. The van der Waals surface area contributed by atoms with Crippen molar-refractivity contribution in [2.45, 2.75) is 0 Å². The molecule has 7 aromatic rings. The van der Waals surface area contributed by atoms with Crippen LogP contribution in [-0.4, -0.2) is 4.98 Å². The Hall–Kier alpha value is -4.36. The van der Waals surface area contributed by atoms with Gasteiger partial charge in [0, 0.05) is 27.1 Å². The van der Waals surface area contributed by atoms with Gasteiger partial charge < -0.3 is 4.98 Å². The maximum absolute atomic E-state index is 3.74. The molecule has 1 nitrogen and oxygen atoms in total. The maximum Gasteiger partial charge on any atom is 0.0551 e. The van der Waals surface area contributed by atoms with Gasteiger partial charge in [-0.1, -0.05) is 115 Å². The highest BCUT2D eigenvalue weighted by molar-refractivity contribution is 6.34. The predicted octanol–water partition coefficient (Wildman–Crippen LogP) is 8.96. The van der Waals surface area contributed by atoms with Crippen LogP contribution in [0, 0.1) is 0 Å². The minimum Gasteiger partial charge on any atom is -0.354 e. The fourth-order valence-corrected chi connectivity index (χ4v) is 5.40. The van der Waals surface area contributed by atoms with Gasteiger partial charge in [-0.05, 0) is 39.1 Å². The first kappa shape index (κ1) is 18.2. The number of hydrogen-bond acceptors (Lipinski definition) is 0. The van der Waals surface area contributed by atoms with Crippen LogP contribution in [-0.2, 0) is 0 Å². The minimum atomic E-state index is 1.18. The Balaban J connectivity index is 1.72. The molecule has 0 fully saturated rings. The Morgan fingerprint density at radius 2 is 0.970 bits per heavy atom. The second-order valence-corrected chi connectivity index (χ2v) is 8.61. The lowest BCUT2D eigenvalue weighted by molar-refractivity contribution is 1.56. The molecule has 1 heteroatoms. The molecule has 0 amide bonds. The third kappa shape index (κ3) is 2.66. The van der Waals surface area contributed by atoms with Gasteiger partial charge in [0.1, 0.15) is 0 Å². The van der Waals surface area contributed by atoms with E-state index in [9.17, 15) is 0 Å². The summed E-state index contributed by atoms with van der Waals surface area (Å²) < 4.78 is 0. The topological polar surface area (TPSA) is 15.8 Å². The summed E-state index contributed by atoms with van der Waals surface area (Å²) in [6.07, 6.45) is 0. The molecule has 0 unspecified atom stereocenters. The molecule has 154 valence electrons. The lowest BCUT2D eigenvalue weighted by Gasteiger charge is -2.15. The van der Waals surface area contributed by atoms with Crippen molar-refractivity contribution in [3.8, 4) is 22.3 Å². The van der Waals surface area contributed by atoms with Gasteiger partial charge in [-0.3, -0.25) is 0 Å². The Morgan fingerprint density at radius 1 is 0.364 bits per heavy atom. The van der Waals surface area contributed by atoms with E-state index in [0.29, 0.717) is 0 Å². The maximum atomic E-state index is 3.74. The van der Waals surface area contributed by atoms with Crippen molar-refractivity contribution in [2.75, 3.05) is 0 Å². The summed E-state index contributed by atoms with van der Waals surface area (Å²) in [6, 6.07) is 43.6. The van der Waals surface area contributed by atoms with Crippen molar-refractivity contribution in [3.05, 3.63) is 121 Å². The Bertz CT molecular complexity index is 1810. The molecule has 0 aliphatic carbocycles. The van der Waals surface area contributed by atoms with E-state index in [4.69, 9.17) is 0 Å². The minimum absolute atomic E-state index is 1.18. The van der Waals surface area contributed by atoms with Gasteiger partial charge in [0.2, 0.25) is 0 Å². The van der Waals surface area contributed by atoms with Gasteiger partial charge in [0.25, 0.3) is 0 Å². The number of rotatable bonds is 2. The van der Waals surface area contributed by atoms with Crippen LogP contribution < -0.4 is 0 Å². The molecular formula is C32H21N.